The van der Waals surface area contributed by atoms with Gasteiger partial charge < -0.3 is 9.88 Å². The molecule has 6 nitrogen and oxygen atoms in total. The summed E-state index contributed by atoms with van der Waals surface area (Å²) in [7, 11) is -3.33. The molecule has 0 aliphatic carbocycles. The van der Waals surface area contributed by atoms with Gasteiger partial charge in [-0.25, -0.2) is 8.42 Å². The van der Waals surface area contributed by atoms with Crippen LogP contribution in [0.25, 0.3) is 5.69 Å². The van der Waals surface area contributed by atoms with Crippen LogP contribution in [0.2, 0.25) is 0 Å². The second-order valence-electron chi connectivity index (χ2n) is 5.90. The maximum Gasteiger partial charge on any atom is 0.251 e. The lowest BCUT2D eigenvalue weighted by molar-refractivity contribution is 0.0951. The number of anilines is 1. The number of carbonyl (C=O) groups is 1. The fourth-order valence-corrected chi connectivity index (χ4v) is 3.11. The molecule has 7 heteroatoms. The van der Waals surface area contributed by atoms with Crippen LogP contribution in [0.1, 0.15) is 15.9 Å². The fourth-order valence-electron chi connectivity index (χ4n) is 2.56. The first-order valence-electron chi connectivity index (χ1n) is 7.99. The maximum atomic E-state index is 12.4. The number of nitrogens with zero attached hydrogens (tertiary/aromatic N) is 1. The van der Waals surface area contributed by atoms with E-state index < -0.39 is 10.0 Å². The summed E-state index contributed by atoms with van der Waals surface area (Å²) >= 11 is 0. The number of nitrogens with one attached hydrogen (secondary N) is 2. The number of benzene rings is 2. The third-order valence-electron chi connectivity index (χ3n) is 3.69. The van der Waals surface area contributed by atoms with E-state index in [1.165, 1.54) is 0 Å². The predicted molar refractivity (Wildman–Crippen MR) is 102 cm³/mol. The Morgan fingerprint density at radius 3 is 2.46 bits per heavy atom. The zero-order valence-corrected chi connectivity index (χ0v) is 15.0. The lowest BCUT2D eigenvalue weighted by atomic mass is 10.1. The highest BCUT2D eigenvalue weighted by Gasteiger charge is 2.08. The number of aromatic nitrogens is 1. The maximum absolute atomic E-state index is 12.4. The quantitative estimate of drug-likeness (QED) is 0.701. The normalized spacial score (nSPS) is 11.1. The van der Waals surface area contributed by atoms with Crippen molar-refractivity contribution in [1.29, 1.82) is 0 Å². The van der Waals surface area contributed by atoms with Crippen LogP contribution in [0.3, 0.4) is 0 Å². The molecule has 1 heterocycles. The summed E-state index contributed by atoms with van der Waals surface area (Å²) in [6, 6.07) is 18.1. The van der Waals surface area contributed by atoms with E-state index >= 15 is 0 Å². The van der Waals surface area contributed by atoms with Crippen LogP contribution >= 0.6 is 0 Å². The second-order valence-corrected chi connectivity index (χ2v) is 7.65. The molecule has 3 aromatic rings. The van der Waals surface area contributed by atoms with Crippen LogP contribution in [0.4, 0.5) is 5.69 Å². The van der Waals surface area contributed by atoms with Crippen molar-refractivity contribution in [2.75, 3.05) is 11.0 Å². The average Bonchev–Trinajstić information content (AvgIpc) is 3.13. The van der Waals surface area contributed by atoms with E-state index in [4.69, 9.17) is 0 Å². The largest absolute Gasteiger partial charge is 0.348 e. The number of hydrogen-bond donors (Lipinski definition) is 2. The fraction of sp³-hybridized carbons (Fsp3) is 0.105. The molecule has 0 fully saturated rings. The molecule has 0 aliphatic heterocycles. The summed E-state index contributed by atoms with van der Waals surface area (Å²) in [5.74, 6) is -0.194. The highest BCUT2D eigenvalue weighted by atomic mass is 32.2. The summed E-state index contributed by atoms with van der Waals surface area (Å²) in [5.41, 5.74) is 2.73. The molecule has 1 aromatic heterocycles. The molecule has 3 rings (SSSR count). The van der Waals surface area contributed by atoms with Crippen molar-refractivity contribution in [3.8, 4) is 5.69 Å². The zero-order chi connectivity index (χ0) is 18.6. The Hall–Kier alpha value is -3.06. The minimum atomic E-state index is -3.33. The molecule has 0 saturated heterocycles. The molecule has 0 aliphatic rings. The SMILES string of the molecule is CS(=O)(=O)Nc1cccc(CNC(=O)c2cccc(-n3cccc3)c2)c1. The summed E-state index contributed by atoms with van der Waals surface area (Å²) in [6.07, 6.45) is 4.92. The van der Waals surface area contributed by atoms with Gasteiger partial charge in [0.1, 0.15) is 0 Å². The highest BCUT2D eigenvalue weighted by molar-refractivity contribution is 7.92. The summed E-state index contributed by atoms with van der Waals surface area (Å²) in [4.78, 5) is 12.4. The third kappa shape index (κ3) is 4.73. The molecule has 0 saturated carbocycles. The van der Waals surface area contributed by atoms with Crippen LogP contribution in [0.5, 0.6) is 0 Å². The van der Waals surface area contributed by atoms with Gasteiger partial charge in [-0.15, -0.1) is 0 Å². The van der Waals surface area contributed by atoms with Gasteiger partial charge in [0.05, 0.1) is 6.26 Å². The van der Waals surface area contributed by atoms with E-state index in [-0.39, 0.29) is 5.91 Å². The average molecular weight is 369 g/mol. The Bertz CT molecular complexity index is 1010. The smallest absolute Gasteiger partial charge is 0.251 e. The topological polar surface area (TPSA) is 80.2 Å². The van der Waals surface area contributed by atoms with E-state index in [1.54, 1.807) is 24.3 Å². The van der Waals surface area contributed by atoms with Crippen molar-refractivity contribution in [2.45, 2.75) is 6.54 Å². The molecule has 134 valence electrons. The molecular formula is C19H19N3O3S. The van der Waals surface area contributed by atoms with Crippen molar-refractivity contribution in [2.24, 2.45) is 0 Å². The number of amides is 1. The Morgan fingerprint density at radius 1 is 1.00 bits per heavy atom. The van der Waals surface area contributed by atoms with E-state index in [0.29, 0.717) is 17.8 Å². The summed E-state index contributed by atoms with van der Waals surface area (Å²) < 4.78 is 27.0. The Kier molecular flexibility index (Phi) is 5.09. The first-order valence-corrected chi connectivity index (χ1v) is 9.88. The number of rotatable bonds is 6. The number of carbonyl (C=O) groups excluding carboxylic acids is 1. The lowest BCUT2D eigenvalue weighted by Crippen LogP contribution is -2.23. The van der Waals surface area contributed by atoms with Gasteiger partial charge in [-0.3, -0.25) is 9.52 Å². The molecule has 0 unspecified atom stereocenters. The van der Waals surface area contributed by atoms with Crippen molar-refractivity contribution >= 4 is 21.6 Å². The second kappa shape index (κ2) is 7.45. The van der Waals surface area contributed by atoms with E-state index in [0.717, 1.165) is 17.5 Å². The van der Waals surface area contributed by atoms with E-state index in [2.05, 4.69) is 10.0 Å². The summed E-state index contributed by atoms with van der Waals surface area (Å²) in [6.45, 7) is 0.297. The van der Waals surface area contributed by atoms with Gasteiger partial charge in [0.2, 0.25) is 10.0 Å². The number of sulfonamides is 1. The molecule has 26 heavy (non-hydrogen) atoms. The Balaban J connectivity index is 1.68. The molecular weight excluding hydrogens is 350 g/mol. The van der Waals surface area contributed by atoms with Crippen LogP contribution in [0.15, 0.2) is 73.1 Å². The third-order valence-corrected chi connectivity index (χ3v) is 4.30. The van der Waals surface area contributed by atoms with Crippen LogP contribution in [-0.4, -0.2) is 25.1 Å². The van der Waals surface area contributed by atoms with Crippen LogP contribution in [-0.2, 0) is 16.6 Å². The minimum Gasteiger partial charge on any atom is -0.348 e. The first-order chi connectivity index (χ1) is 12.4. The van der Waals surface area contributed by atoms with Crippen molar-refractivity contribution < 1.29 is 13.2 Å². The molecule has 2 aromatic carbocycles. The molecule has 0 spiro atoms. The van der Waals surface area contributed by atoms with Gasteiger partial charge in [-0.05, 0) is 48.0 Å². The van der Waals surface area contributed by atoms with Gasteiger partial charge in [0, 0.05) is 35.9 Å². The monoisotopic (exact) mass is 369 g/mol. The van der Waals surface area contributed by atoms with E-state index in [9.17, 15) is 13.2 Å². The zero-order valence-electron chi connectivity index (χ0n) is 14.2. The van der Waals surface area contributed by atoms with Gasteiger partial charge >= 0.3 is 0 Å². The summed E-state index contributed by atoms with van der Waals surface area (Å²) in [5, 5.41) is 2.85. The molecule has 0 bridgehead atoms. The van der Waals surface area contributed by atoms with Crippen molar-refractivity contribution in [3.05, 3.63) is 84.2 Å². The van der Waals surface area contributed by atoms with Crippen LogP contribution in [0, 0.1) is 0 Å². The van der Waals surface area contributed by atoms with Crippen LogP contribution < -0.4 is 10.0 Å². The minimum absolute atomic E-state index is 0.194. The van der Waals surface area contributed by atoms with Crippen molar-refractivity contribution in [3.63, 3.8) is 0 Å². The Labute approximate surface area is 152 Å². The standard InChI is InChI=1S/C19H19N3O3S/c1-26(24,25)21-17-8-4-6-15(12-17)14-20-19(23)16-7-5-9-18(13-16)22-10-2-3-11-22/h2-13,21H,14H2,1H3,(H,20,23). The molecule has 2 N–H and O–H groups in total. The van der Waals surface area contributed by atoms with E-state index in [1.807, 2.05) is 53.4 Å². The predicted octanol–water partition coefficient (Wildman–Crippen LogP) is 2.78. The van der Waals surface area contributed by atoms with Gasteiger partial charge in [-0.2, -0.15) is 0 Å². The highest BCUT2D eigenvalue weighted by Crippen LogP contribution is 2.13. The number of hydrogen-bond acceptors (Lipinski definition) is 3. The molecule has 1 amide bonds. The van der Waals surface area contributed by atoms with Crippen molar-refractivity contribution in [1.82, 2.24) is 9.88 Å². The van der Waals surface area contributed by atoms with Gasteiger partial charge in [0.25, 0.3) is 5.91 Å². The molecule has 0 atom stereocenters. The van der Waals surface area contributed by atoms with Gasteiger partial charge in [0.15, 0.2) is 0 Å². The lowest BCUT2D eigenvalue weighted by Gasteiger charge is -2.09. The van der Waals surface area contributed by atoms with Gasteiger partial charge in [-0.1, -0.05) is 18.2 Å². The molecule has 0 radical (unpaired) electrons. The first kappa shape index (κ1) is 17.8. The Morgan fingerprint density at radius 2 is 1.73 bits per heavy atom.